The van der Waals surface area contributed by atoms with Crippen LogP contribution in [-0.4, -0.2) is 25.8 Å². The largest absolute Gasteiger partial charge is 0.489 e. The number of carboxylic acid groups (broad SMARTS) is 1. The fourth-order valence-corrected chi connectivity index (χ4v) is 4.10. The minimum Gasteiger partial charge on any atom is -0.489 e. The molecule has 0 bridgehead atoms. The highest BCUT2D eigenvalue weighted by Crippen LogP contribution is 2.33. The summed E-state index contributed by atoms with van der Waals surface area (Å²) < 4.78 is 7.68. The van der Waals surface area contributed by atoms with E-state index in [1.165, 1.54) is 16.7 Å². The number of rotatable bonds is 6. The van der Waals surface area contributed by atoms with E-state index in [0.717, 1.165) is 27.7 Å². The van der Waals surface area contributed by atoms with Crippen molar-refractivity contribution in [2.75, 3.05) is 0 Å². The number of thiazole rings is 1. The molecule has 31 heavy (non-hydrogen) atoms. The van der Waals surface area contributed by atoms with Gasteiger partial charge in [0.15, 0.2) is 5.69 Å². The number of carbonyl (C=O) groups is 1. The van der Waals surface area contributed by atoms with E-state index >= 15 is 0 Å². The average molecular weight is 427 g/mol. The Morgan fingerprint density at radius 3 is 2.45 bits per heavy atom. The molecule has 2 aromatic heterocycles. The Morgan fingerprint density at radius 1 is 1.00 bits per heavy atom. The minimum atomic E-state index is -1.06. The summed E-state index contributed by atoms with van der Waals surface area (Å²) in [5.41, 5.74) is 3.65. The first-order valence-electron chi connectivity index (χ1n) is 9.63. The molecule has 0 atom stereocenters. The van der Waals surface area contributed by atoms with Crippen LogP contribution < -0.4 is 4.74 Å². The Balaban J connectivity index is 1.60. The fraction of sp³-hybridized carbons (Fsp3) is 0.0417. The number of fused-ring (bicyclic) bond motifs is 1. The summed E-state index contributed by atoms with van der Waals surface area (Å²) in [4.78, 5) is 15.5. The minimum absolute atomic E-state index is 0.00129. The lowest BCUT2D eigenvalue weighted by Gasteiger charge is -2.07. The molecule has 0 aliphatic rings. The second kappa shape index (κ2) is 8.04. The maximum atomic E-state index is 11.3. The molecule has 0 radical (unpaired) electrons. The molecule has 0 saturated carbocycles. The quantitative estimate of drug-likeness (QED) is 0.391. The molecule has 0 aliphatic carbocycles. The van der Waals surface area contributed by atoms with Crippen LogP contribution in [-0.2, 0) is 6.61 Å². The zero-order valence-corrected chi connectivity index (χ0v) is 17.1. The second-order valence-corrected chi connectivity index (χ2v) is 7.74. The first-order valence-corrected chi connectivity index (χ1v) is 10.5. The van der Waals surface area contributed by atoms with Crippen molar-refractivity contribution in [2.45, 2.75) is 6.61 Å². The number of hydrogen-bond acceptors (Lipinski definition) is 5. The van der Waals surface area contributed by atoms with E-state index in [9.17, 15) is 9.90 Å². The summed E-state index contributed by atoms with van der Waals surface area (Å²) in [7, 11) is 0. The van der Waals surface area contributed by atoms with E-state index in [1.54, 1.807) is 4.68 Å². The van der Waals surface area contributed by atoms with Crippen molar-refractivity contribution < 1.29 is 14.6 Å². The highest BCUT2D eigenvalue weighted by atomic mass is 32.1. The maximum absolute atomic E-state index is 11.3. The third-order valence-corrected chi connectivity index (χ3v) is 5.66. The second-order valence-electron chi connectivity index (χ2n) is 6.90. The molecule has 2 heterocycles. The van der Waals surface area contributed by atoms with Gasteiger partial charge in [0.05, 0.1) is 5.52 Å². The summed E-state index contributed by atoms with van der Waals surface area (Å²) in [6.45, 7) is 0.451. The summed E-state index contributed by atoms with van der Waals surface area (Å²) in [6.07, 6.45) is 0. The van der Waals surface area contributed by atoms with E-state index in [-0.39, 0.29) is 5.69 Å². The molecular weight excluding hydrogens is 410 g/mol. The van der Waals surface area contributed by atoms with Gasteiger partial charge in [-0.2, -0.15) is 5.10 Å². The molecule has 5 aromatic rings. The maximum Gasteiger partial charge on any atom is 0.355 e. The van der Waals surface area contributed by atoms with Crippen molar-refractivity contribution in [1.29, 1.82) is 0 Å². The van der Waals surface area contributed by atoms with E-state index < -0.39 is 5.97 Å². The third kappa shape index (κ3) is 3.78. The normalized spacial score (nSPS) is 11.0. The van der Waals surface area contributed by atoms with E-state index in [1.807, 2.05) is 78.9 Å². The number of nitrogens with zero attached hydrogens (tertiary/aromatic N) is 3. The molecule has 0 saturated heterocycles. The lowest BCUT2D eigenvalue weighted by molar-refractivity contribution is 0.0691. The molecule has 152 valence electrons. The van der Waals surface area contributed by atoms with Gasteiger partial charge in [-0.3, -0.25) is 0 Å². The van der Waals surface area contributed by atoms with Crippen molar-refractivity contribution in [1.82, 2.24) is 14.8 Å². The van der Waals surface area contributed by atoms with Crippen molar-refractivity contribution in [3.8, 4) is 22.1 Å². The molecule has 6 nitrogen and oxygen atoms in total. The predicted octanol–water partition coefficient (Wildman–Crippen LogP) is 5.43. The number of benzene rings is 3. The monoisotopic (exact) mass is 427 g/mol. The topological polar surface area (TPSA) is 77.2 Å². The number of ether oxygens (including phenoxy) is 1. The summed E-state index contributed by atoms with van der Waals surface area (Å²) >= 11 is 1.24. The third-order valence-electron chi connectivity index (χ3n) is 4.84. The van der Waals surface area contributed by atoms with Gasteiger partial charge in [-0.15, -0.1) is 11.3 Å². The van der Waals surface area contributed by atoms with Crippen LogP contribution in [0.1, 0.15) is 16.1 Å². The van der Waals surface area contributed by atoms with Crippen LogP contribution in [0.4, 0.5) is 0 Å². The zero-order valence-electron chi connectivity index (χ0n) is 16.3. The zero-order chi connectivity index (χ0) is 21.2. The summed E-state index contributed by atoms with van der Waals surface area (Å²) in [5, 5.41) is 17.0. The Bertz CT molecular complexity index is 1360. The lowest BCUT2D eigenvalue weighted by Crippen LogP contribution is -2.00. The average Bonchev–Trinajstić information content (AvgIpc) is 3.44. The molecule has 0 unspecified atom stereocenters. The van der Waals surface area contributed by atoms with Gasteiger partial charge in [0.1, 0.15) is 18.1 Å². The predicted molar refractivity (Wildman–Crippen MR) is 120 cm³/mol. The molecule has 0 spiro atoms. The van der Waals surface area contributed by atoms with Gasteiger partial charge in [-0.1, -0.05) is 60.7 Å². The Hall–Kier alpha value is -3.97. The first-order chi connectivity index (χ1) is 15.2. The molecule has 0 fully saturated rings. The lowest BCUT2D eigenvalue weighted by atomic mass is 10.1. The number of carboxylic acids is 1. The van der Waals surface area contributed by atoms with Crippen LogP contribution in [0.25, 0.3) is 27.3 Å². The van der Waals surface area contributed by atoms with Gasteiger partial charge >= 0.3 is 5.97 Å². The Morgan fingerprint density at radius 2 is 1.74 bits per heavy atom. The van der Waals surface area contributed by atoms with E-state index in [0.29, 0.717) is 17.5 Å². The van der Waals surface area contributed by atoms with Gasteiger partial charge in [0.2, 0.25) is 5.13 Å². The van der Waals surface area contributed by atoms with Crippen LogP contribution in [0, 0.1) is 0 Å². The smallest absolute Gasteiger partial charge is 0.355 e. The van der Waals surface area contributed by atoms with Crippen LogP contribution >= 0.6 is 11.3 Å². The Labute approximate surface area is 182 Å². The summed E-state index contributed by atoms with van der Waals surface area (Å²) in [6, 6.07) is 25.6. The van der Waals surface area contributed by atoms with Crippen molar-refractivity contribution in [2.24, 2.45) is 0 Å². The van der Waals surface area contributed by atoms with Crippen LogP contribution in [0.3, 0.4) is 0 Å². The van der Waals surface area contributed by atoms with Gasteiger partial charge in [0.25, 0.3) is 0 Å². The van der Waals surface area contributed by atoms with Gasteiger partial charge in [-0.25, -0.2) is 14.5 Å². The highest BCUT2D eigenvalue weighted by Gasteiger charge is 2.18. The standard InChI is InChI=1S/C24H17N3O3S/c28-23(29)20-15-31-24(25-20)27-21-13-18(30-14-16-7-3-1-4-8-16)11-12-19(21)22(26-27)17-9-5-2-6-10-17/h1-13,15H,14H2,(H,28,29). The molecule has 1 N–H and O–H groups in total. The van der Waals surface area contributed by atoms with Crippen molar-refractivity contribution in [3.05, 3.63) is 95.5 Å². The van der Waals surface area contributed by atoms with E-state index in [2.05, 4.69) is 4.98 Å². The fourth-order valence-electron chi connectivity index (χ4n) is 3.34. The molecule has 0 aliphatic heterocycles. The molecular formula is C24H17N3O3S. The van der Waals surface area contributed by atoms with Crippen molar-refractivity contribution in [3.63, 3.8) is 0 Å². The van der Waals surface area contributed by atoms with Crippen LogP contribution in [0.5, 0.6) is 5.75 Å². The van der Waals surface area contributed by atoms with Crippen LogP contribution in [0.15, 0.2) is 84.2 Å². The summed E-state index contributed by atoms with van der Waals surface area (Å²) in [5.74, 6) is -0.360. The highest BCUT2D eigenvalue weighted by molar-refractivity contribution is 7.12. The van der Waals surface area contributed by atoms with Gasteiger partial charge in [-0.05, 0) is 17.7 Å². The molecule has 5 rings (SSSR count). The van der Waals surface area contributed by atoms with E-state index in [4.69, 9.17) is 9.84 Å². The number of aromatic nitrogens is 3. The Kier molecular flexibility index (Phi) is 4.93. The molecule has 7 heteroatoms. The van der Waals surface area contributed by atoms with Gasteiger partial charge in [0, 0.05) is 22.4 Å². The molecule has 3 aromatic carbocycles. The SMILES string of the molecule is O=C(O)c1csc(-n2nc(-c3ccccc3)c3ccc(OCc4ccccc4)cc32)n1. The first kappa shape index (κ1) is 19.0. The molecule has 0 amide bonds. The van der Waals surface area contributed by atoms with Crippen molar-refractivity contribution >= 4 is 28.2 Å². The number of aromatic carboxylic acids is 1. The number of hydrogen-bond donors (Lipinski definition) is 1. The van der Waals surface area contributed by atoms with Gasteiger partial charge < -0.3 is 9.84 Å². The van der Waals surface area contributed by atoms with Crippen LogP contribution in [0.2, 0.25) is 0 Å².